The van der Waals surface area contributed by atoms with E-state index in [2.05, 4.69) is 10.6 Å². The molecule has 0 saturated heterocycles. The van der Waals surface area contributed by atoms with Crippen molar-refractivity contribution in [3.05, 3.63) is 54.1 Å². The van der Waals surface area contributed by atoms with Crippen LogP contribution in [0.1, 0.15) is 26.7 Å². The third-order valence-corrected chi connectivity index (χ3v) is 4.30. The highest BCUT2D eigenvalue weighted by Gasteiger charge is 2.56. The number of benzene rings is 2. The van der Waals surface area contributed by atoms with Crippen molar-refractivity contribution < 1.29 is 23.1 Å². The number of rotatable bonds is 6. The Balaban J connectivity index is 1.74. The molecule has 2 aromatic rings. The first-order valence-corrected chi connectivity index (χ1v) is 8.65. The van der Waals surface area contributed by atoms with E-state index in [9.17, 15) is 18.4 Å². The van der Waals surface area contributed by atoms with Gasteiger partial charge in [-0.1, -0.05) is 12.1 Å². The highest BCUT2D eigenvalue weighted by molar-refractivity contribution is 6.17. The van der Waals surface area contributed by atoms with Crippen LogP contribution >= 0.6 is 0 Å². The molecular weight excluding hydrogens is 354 g/mol. The molecule has 0 aromatic heterocycles. The van der Waals surface area contributed by atoms with Crippen LogP contribution in [0.5, 0.6) is 5.75 Å². The molecule has 2 aromatic carbocycles. The van der Waals surface area contributed by atoms with Gasteiger partial charge in [-0.05, 0) is 51.0 Å². The Morgan fingerprint density at radius 2 is 1.63 bits per heavy atom. The van der Waals surface area contributed by atoms with Crippen LogP contribution in [-0.2, 0) is 9.59 Å². The molecule has 7 heteroatoms. The highest BCUT2D eigenvalue weighted by Crippen LogP contribution is 2.48. The first-order chi connectivity index (χ1) is 12.8. The minimum atomic E-state index is -1.27. The Bertz CT molecular complexity index is 879. The third-order valence-electron chi connectivity index (χ3n) is 4.30. The summed E-state index contributed by atoms with van der Waals surface area (Å²) in [4.78, 5) is 25.3. The average Bonchev–Trinajstić information content (AvgIpc) is 3.40. The van der Waals surface area contributed by atoms with E-state index < -0.39 is 28.9 Å². The molecule has 2 N–H and O–H groups in total. The molecule has 1 saturated carbocycles. The van der Waals surface area contributed by atoms with E-state index in [4.69, 9.17) is 4.74 Å². The number of ether oxygens (including phenoxy) is 1. The minimum Gasteiger partial charge on any atom is -0.489 e. The summed E-state index contributed by atoms with van der Waals surface area (Å²) < 4.78 is 32.4. The molecule has 0 spiro atoms. The Morgan fingerprint density at radius 1 is 1.00 bits per heavy atom. The van der Waals surface area contributed by atoms with Crippen LogP contribution in [-0.4, -0.2) is 17.9 Å². The Kier molecular flexibility index (Phi) is 5.12. The van der Waals surface area contributed by atoms with Crippen molar-refractivity contribution in [2.75, 3.05) is 10.6 Å². The van der Waals surface area contributed by atoms with Crippen molar-refractivity contribution in [3.63, 3.8) is 0 Å². The number of hydrogen-bond donors (Lipinski definition) is 2. The van der Waals surface area contributed by atoms with Gasteiger partial charge in [-0.3, -0.25) is 9.59 Å². The minimum absolute atomic E-state index is 0.0808. The van der Waals surface area contributed by atoms with Gasteiger partial charge in [-0.25, -0.2) is 8.78 Å². The summed E-state index contributed by atoms with van der Waals surface area (Å²) in [5, 5.41) is 5.11. The molecule has 0 unspecified atom stereocenters. The fourth-order valence-corrected chi connectivity index (χ4v) is 2.68. The van der Waals surface area contributed by atoms with Crippen LogP contribution in [0.15, 0.2) is 42.5 Å². The summed E-state index contributed by atoms with van der Waals surface area (Å²) in [7, 11) is 0. The molecule has 27 heavy (non-hydrogen) atoms. The molecule has 0 atom stereocenters. The lowest BCUT2D eigenvalue weighted by atomic mass is 10.0. The van der Waals surface area contributed by atoms with E-state index in [1.165, 1.54) is 0 Å². The zero-order valence-corrected chi connectivity index (χ0v) is 15.0. The number of carbonyl (C=O) groups excluding carboxylic acids is 2. The second-order valence-corrected chi connectivity index (χ2v) is 6.78. The topological polar surface area (TPSA) is 67.4 Å². The molecule has 0 heterocycles. The fourth-order valence-electron chi connectivity index (χ4n) is 2.68. The number of para-hydroxylation sites is 2. The summed E-state index contributed by atoms with van der Waals surface area (Å²) in [6.45, 7) is 3.73. The van der Waals surface area contributed by atoms with Crippen LogP contribution in [0.4, 0.5) is 20.2 Å². The van der Waals surface area contributed by atoms with Gasteiger partial charge in [-0.15, -0.1) is 0 Å². The number of nitrogens with one attached hydrogen (secondary N) is 2. The molecular formula is C20H20F2N2O3. The molecule has 1 aliphatic rings. The van der Waals surface area contributed by atoms with E-state index in [1.54, 1.807) is 24.3 Å². The van der Waals surface area contributed by atoms with Crippen LogP contribution < -0.4 is 15.4 Å². The number of halogens is 2. The number of carbonyl (C=O) groups is 2. The largest absolute Gasteiger partial charge is 0.489 e. The lowest BCUT2D eigenvalue weighted by Crippen LogP contribution is -2.36. The maximum absolute atomic E-state index is 13.8. The molecule has 3 rings (SSSR count). The monoisotopic (exact) mass is 374 g/mol. The van der Waals surface area contributed by atoms with Gasteiger partial charge in [0.2, 0.25) is 11.8 Å². The van der Waals surface area contributed by atoms with Gasteiger partial charge < -0.3 is 15.4 Å². The third kappa shape index (κ3) is 4.07. The van der Waals surface area contributed by atoms with Crippen LogP contribution in [0.2, 0.25) is 0 Å². The molecule has 0 radical (unpaired) electrons. The van der Waals surface area contributed by atoms with Crippen molar-refractivity contribution >= 4 is 23.2 Å². The Morgan fingerprint density at radius 3 is 2.22 bits per heavy atom. The van der Waals surface area contributed by atoms with Gasteiger partial charge in [0.1, 0.15) is 22.8 Å². The second kappa shape index (κ2) is 7.34. The second-order valence-electron chi connectivity index (χ2n) is 6.78. The predicted molar refractivity (Wildman–Crippen MR) is 97.5 cm³/mol. The Hall–Kier alpha value is -2.96. The van der Waals surface area contributed by atoms with Gasteiger partial charge in [0.05, 0.1) is 17.5 Å². The quantitative estimate of drug-likeness (QED) is 0.748. The standard InChI is InChI=1S/C20H20F2N2O3/c1-12(2)27-17-6-4-3-5-16(17)24-19(26)20(9-10-20)18(25)23-15-8-7-13(21)11-14(15)22/h3-8,11-12H,9-10H2,1-2H3,(H,23,25)(H,24,26). The molecule has 142 valence electrons. The van der Waals surface area contributed by atoms with Crippen molar-refractivity contribution in [2.24, 2.45) is 5.41 Å². The molecule has 2 amide bonds. The van der Waals surface area contributed by atoms with Gasteiger partial charge in [0, 0.05) is 6.07 Å². The molecule has 0 aliphatic heterocycles. The summed E-state index contributed by atoms with van der Waals surface area (Å²) in [5.74, 6) is -2.24. The van der Waals surface area contributed by atoms with E-state index in [1.807, 2.05) is 13.8 Å². The van der Waals surface area contributed by atoms with Crippen LogP contribution in [0.3, 0.4) is 0 Å². The first kappa shape index (κ1) is 18.8. The zero-order chi connectivity index (χ0) is 19.6. The predicted octanol–water partition coefficient (Wildman–Crippen LogP) is 4.11. The molecule has 1 fully saturated rings. The van der Waals surface area contributed by atoms with E-state index in [0.29, 0.717) is 30.3 Å². The van der Waals surface area contributed by atoms with E-state index in [0.717, 1.165) is 12.1 Å². The van der Waals surface area contributed by atoms with Crippen molar-refractivity contribution in [1.82, 2.24) is 0 Å². The van der Waals surface area contributed by atoms with Gasteiger partial charge in [0.15, 0.2) is 0 Å². The van der Waals surface area contributed by atoms with Crippen LogP contribution in [0, 0.1) is 17.0 Å². The summed E-state index contributed by atoms with van der Waals surface area (Å²) in [5.41, 5.74) is -0.974. The average molecular weight is 374 g/mol. The maximum Gasteiger partial charge on any atom is 0.240 e. The van der Waals surface area contributed by atoms with Gasteiger partial charge in [0.25, 0.3) is 0 Å². The van der Waals surface area contributed by atoms with Crippen molar-refractivity contribution in [2.45, 2.75) is 32.8 Å². The van der Waals surface area contributed by atoms with E-state index >= 15 is 0 Å². The Labute approximate surface area is 155 Å². The zero-order valence-electron chi connectivity index (χ0n) is 15.0. The molecule has 5 nitrogen and oxygen atoms in total. The van der Waals surface area contributed by atoms with Crippen molar-refractivity contribution in [3.8, 4) is 5.75 Å². The lowest BCUT2D eigenvalue weighted by Gasteiger charge is -2.18. The summed E-state index contributed by atoms with van der Waals surface area (Å²) in [6, 6.07) is 9.78. The highest BCUT2D eigenvalue weighted by atomic mass is 19.1. The smallest absolute Gasteiger partial charge is 0.240 e. The lowest BCUT2D eigenvalue weighted by molar-refractivity contribution is -0.131. The van der Waals surface area contributed by atoms with Gasteiger partial charge >= 0.3 is 0 Å². The van der Waals surface area contributed by atoms with Crippen molar-refractivity contribution in [1.29, 1.82) is 0 Å². The SMILES string of the molecule is CC(C)Oc1ccccc1NC(=O)C1(C(=O)Nc2ccc(F)cc2F)CC1. The first-order valence-electron chi connectivity index (χ1n) is 8.65. The summed E-state index contributed by atoms with van der Waals surface area (Å²) >= 11 is 0. The summed E-state index contributed by atoms with van der Waals surface area (Å²) in [6.07, 6.45) is 0.615. The van der Waals surface area contributed by atoms with Gasteiger partial charge in [-0.2, -0.15) is 0 Å². The van der Waals surface area contributed by atoms with Crippen LogP contribution in [0.25, 0.3) is 0 Å². The molecule has 0 bridgehead atoms. The number of anilines is 2. The number of amides is 2. The maximum atomic E-state index is 13.8. The normalized spacial score (nSPS) is 14.6. The fraction of sp³-hybridized carbons (Fsp3) is 0.300. The number of hydrogen-bond acceptors (Lipinski definition) is 3. The van der Waals surface area contributed by atoms with E-state index in [-0.39, 0.29) is 11.8 Å². The molecule has 1 aliphatic carbocycles.